The third-order valence-corrected chi connectivity index (χ3v) is 4.95. The van der Waals surface area contributed by atoms with E-state index in [0.29, 0.717) is 12.0 Å². The van der Waals surface area contributed by atoms with Crippen LogP contribution in [0.1, 0.15) is 69.5 Å². The molecule has 0 saturated heterocycles. The van der Waals surface area contributed by atoms with Crippen molar-refractivity contribution in [3.8, 4) is 0 Å². The lowest BCUT2D eigenvalue weighted by atomic mass is 9.79. The van der Waals surface area contributed by atoms with Crippen molar-refractivity contribution >= 4 is 0 Å². The van der Waals surface area contributed by atoms with Gasteiger partial charge in [-0.25, -0.2) is 0 Å². The van der Waals surface area contributed by atoms with E-state index in [1.165, 1.54) is 25.7 Å². The van der Waals surface area contributed by atoms with E-state index < -0.39 is 0 Å². The molecule has 2 fully saturated rings. The van der Waals surface area contributed by atoms with Crippen LogP contribution >= 0.6 is 0 Å². The summed E-state index contributed by atoms with van der Waals surface area (Å²) in [5.74, 6) is 1.91. The van der Waals surface area contributed by atoms with Crippen molar-refractivity contribution in [3.63, 3.8) is 0 Å². The molecule has 0 radical (unpaired) electrons. The summed E-state index contributed by atoms with van der Waals surface area (Å²) in [6.07, 6.45) is 8.07. The molecule has 0 bridgehead atoms. The van der Waals surface area contributed by atoms with Gasteiger partial charge in [0.05, 0.1) is 5.92 Å². The van der Waals surface area contributed by atoms with Crippen molar-refractivity contribution in [3.05, 3.63) is 11.7 Å². The molecule has 1 heterocycles. The third kappa shape index (κ3) is 2.37. The number of hydrogen-bond donors (Lipinski definition) is 1. The van der Waals surface area contributed by atoms with Crippen LogP contribution < -0.4 is 5.32 Å². The minimum atomic E-state index is -0.274. The predicted octanol–water partition coefficient (Wildman–Crippen LogP) is 2.73. The first-order valence-corrected chi connectivity index (χ1v) is 7.91. The Kier molecular flexibility index (Phi) is 4.08. The number of rotatable bonds is 5. The highest BCUT2D eigenvalue weighted by Gasteiger charge is 2.44. The van der Waals surface area contributed by atoms with Crippen molar-refractivity contribution in [2.75, 3.05) is 13.7 Å². The SMILES string of the molecule is CCNC1CCCCC1c1nc(C2(OC)CCC2)no1. The standard InChI is InChI=1S/C15H25N3O2/c1-3-16-12-8-5-4-7-11(12)13-17-14(18-20-13)15(19-2)9-6-10-15/h11-12,16H,3-10H2,1-2H3. The highest BCUT2D eigenvalue weighted by atomic mass is 16.5. The highest BCUT2D eigenvalue weighted by Crippen LogP contribution is 2.43. The van der Waals surface area contributed by atoms with Crippen molar-refractivity contribution in [1.29, 1.82) is 0 Å². The maximum atomic E-state index is 5.63. The molecule has 2 atom stereocenters. The van der Waals surface area contributed by atoms with Gasteiger partial charge in [0.1, 0.15) is 5.60 Å². The van der Waals surface area contributed by atoms with Gasteiger partial charge in [0.15, 0.2) is 0 Å². The second-order valence-corrected chi connectivity index (χ2v) is 6.06. The first kappa shape index (κ1) is 14.0. The maximum absolute atomic E-state index is 5.63. The largest absolute Gasteiger partial charge is 0.370 e. The summed E-state index contributed by atoms with van der Waals surface area (Å²) in [7, 11) is 1.75. The summed E-state index contributed by atoms with van der Waals surface area (Å²) < 4.78 is 11.2. The lowest BCUT2D eigenvalue weighted by Crippen LogP contribution is -2.38. The number of likely N-dealkylation sites (N-methyl/N-ethyl adjacent to an activating group) is 1. The highest BCUT2D eigenvalue weighted by molar-refractivity contribution is 5.09. The molecule has 1 N–H and O–H groups in total. The van der Waals surface area contributed by atoms with Gasteiger partial charge in [0.2, 0.25) is 11.7 Å². The second kappa shape index (κ2) is 5.82. The molecule has 1 aromatic rings. The van der Waals surface area contributed by atoms with E-state index in [1.807, 2.05) is 0 Å². The van der Waals surface area contributed by atoms with E-state index in [1.54, 1.807) is 7.11 Å². The summed E-state index contributed by atoms with van der Waals surface area (Å²) in [6, 6.07) is 0.474. The zero-order chi connectivity index (χ0) is 14.0. The molecule has 3 rings (SSSR count). The molecule has 2 aliphatic carbocycles. The first-order chi connectivity index (χ1) is 9.79. The molecule has 20 heavy (non-hydrogen) atoms. The average Bonchev–Trinajstić information content (AvgIpc) is 2.89. The van der Waals surface area contributed by atoms with Gasteiger partial charge in [-0.05, 0) is 38.6 Å². The van der Waals surface area contributed by atoms with E-state index in [4.69, 9.17) is 9.26 Å². The lowest BCUT2D eigenvalue weighted by molar-refractivity contribution is -0.0858. The van der Waals surface area contributed by atoms with E-state index >= 15 is 0 Å². The Bertz CT molecular complexity index is 435. The molecule has 2 saturated carbocycles. The minimum Gasteiger partial charge on any atom is -0.370 e. The fraction of sp³-hybridized carbons (Fsp3) is 0.867. The topological polar surface area (TPSA) is 60.2 Å². The van der Waals surface area contributed by atoms with Crippen LogP contribution in [-0.4, -0.2) is 29.8 Å². The molecule has 2 aliphatic rings. The quantitative estimate of drug-likeness (QED) is 0.898. The molecule has 2 unspecified atom stereocenters. The number of methoxy groups -OCH3 is 1. The van der Waals surface area contributed by atoms with Crippen molar-refractivity contribution < 1.29 is 9.26 Å². The molecule has 0 aromatic carbocycles. The molecule has 5 heteroatoms. The molecular weight excluding hydrogens is 254 g/mol. The lowest BCUT2D eigenvalue weighted by Gasteiger charge is -2.37. The monoisotopic (exact) mass is 279 g/mol. The Morgan fingerprint density at radius 1 is 1.30 bits per heavy atom. The summed E-state index contributed by atoms with van der Waals surface area (Å²) in [5.41, 5.74) is -0.274. The Labute approximate surface area is 120 Å². The van der Waals surface area contributed by atoms with E-state index in [-0.39, 0.29) is 5.60 Å². The van der Waals surface area contributed by atoms with Crippen LogP contribution in [0.25, 0.3) is 0 Å². The molecule has 1 aromatic heterocycles. The molecule has 0 aliphatic heterocycles. The summed E-state index contributed by atoms with van der Waals surface area (Å²) in [6.45, 7) is 3.14. The predicted molar refractivity (Wildman–Crippen MR) is 75.5 cm³/mol. The number of nitrogens with zero attached hydrogens (tertiary/aromatic N) is 2. The third-order valence-electron chi connectivity index (χ3n) is 4.95. The van der Waals surface area contributed by atoms with Crippen LogP contribution in [0.3, 0.4) is 0 Å². The van der Waals surface area contributed by atoms with Gasteiger partial charge < -0.3 is 14.6 Å². The Balaban J connectivity index is 1.78. The van der Waals surface area contributed by atoms with Crippen LogP contribution in [-0.2, 0) is 10.3 Å². The van der Waals surface area contributed by atoms with Crippen LogP contribution in [0, 0.1) is 0 Å². The van der Waals surface area contributed by atoms with Gasteiger partial charge in [-0.2, -0.15) is 4.98 Å². The Hall–Kier alpha value is -0.940. The van der Waals surface area contributed by atoms with Gasteiger partial charge in [0, 0.05) is 13.2 Å². The van der Waals surface area contributed by atoms with Gasteiger partial charge in [-0.15, -0.1) is 0 Å². The van der Waals surface area contributed by atoms with Crippen LogP contribution in [0.5, 0.6) is 0 Å². The van der Waals surface area contributed by atoms with Crippen molar-refractivity contribution in [2.45, 2.75) is 69.4 Å². The average molecular weight is 279 g/mol. The van der Waals surface area contributed by atoms with Gasteiger partial charge >= 0.3 is 0 Å². The maximum Gasteiger partial charge on any atom is 0.231 e. The fourth-order valence-corrected chi connectivity index (χ4v) is 3.52. The van der Waals surface area contributed by atoms with Crippen LogP contribution in [0.2, 0.25) is 0 Å². The fourth-order valence-electron chi connectivity index (χ4n) is 3.52. The molecule has 112 valence electrons. The number of ether oxygens (including phenoxy) is 1. The summed E-state index contributed by atoms with van der Waals surface area (Å²) in [5, 5.41) is 7.78. The smallest absolute Gasteiger partial charge is 0.231 e. The molecule has 5 nitrogen and oxygen atoms in total. The number of aromatic nitrogens is 2. The minimum absolute atomic E-state index is 0.274. The normalized spacial score (nSPS) is 29.1. The molecule has 0 amide bonds. The van der Waals surface area contributed by atoms with Gasteiger partial charge in [-0.1, -0.05) is 24.9 Å². The summed E-state index contributed by atoms with van der Waals surface area (Å²) in [4.78, 5) is 4.69. The Morgan fingerprint density at radius 2 is 2.10 bits per heavy atom. The zero-order valence-electron chi connectivity index (χ0n) is 12.5. The molecule has 0 spiro atoms. The van der Waals surface area contributed by atoms with Crippen molar-refractivity contribution in [1.82, 2.24) is 15.5 Å². The van der Waals surface area contributed by atoms with E-state index in [2.05, 4.69) is 22.4 Å². The van der Waals surface area contributed by atoms with E-state index in [0.717, 1.165) is 37.5 Å². The second-order valence-electron chi connectivity index (χ2n) is 6.06. The van der Waals surface area contributed by atoms with E-state index in [9.17, 15) is 0 Å². The van der Waals surface area contributed by atoms with Crippen LogP contribution in [0.4, 0.5) is 0 Å². The Morgan fingerprint density at radius 3 is 2.75 bits per heavy atom. The molecular formula is C15H25N3O2. The van der Waals surface area contributed by atoms with Gasteiger partial charge in [-0.3, -0.25) is 0 Å². The number of hydrogen-bond acceptors (Lipinski definition) is 5. The number of nitrogens with one attached hydrogen (secondary N) is 1. The zero-order valence-corrected chi connectivity index (χ0v) is 12.5. The summed E-state index contributed by atoms with van der Waals surface area (Å²) >= 11 is 0. The van der Waals surface area contributed by atoms with Gasteiger partial charge in [0.25, 0.3) is 0 Å². The van der Waals surface area contributed by atoms with Crippen LogP contribution in [0.15, 0.2) is 4.52 Å². The first-order valence-electron chi connectivity index (χ1n) is 7.91. The van der Waals surface area contributed by atoms with Crippen molar-refractivity contribution in [2.24, 2.45) is 0 Å².